The van der Waals surface area contributed by atoms with Crippen molar-refractivity contribution in [1.82, 2.24) is 4.31 Å². The molecule has 1 saturated heterocycles. The molecule has 0 N–H and O–H groups in total. The predicted molar refractivity (Wildman–Crippen MR) is 84.8 cm³/mol. The van der Waals surface area contributed by atoms with Gasteiger partial charge >= 0.3 is 5.43 Å². The molecule has 0 bridgehead atoms. The molecule has 2 unspecified atom stereocenters. The number of rotatable bonds is 9. The Balaban J connectivity index is 2.90. The van der Waals surface area contributed by atoms with E-state index in [1.54, 1.807) is 0 Å². The topological polar surface area (TPSA) is 122 Å². The second-order valence-electron chi connectivity index (χ2n) is 5.10. The Kier molecular flexibility index (Phi) is 8.64. The van der Waals surface area contributed by atoms with Crippen LogP contribution in [-0.4, -0.2) is 62.4 Å². The van der Waals surface area contributed by atoms with E-state index in [0.717, 1.165) is 6.42 Å². The first-order valence-electron chi connectivity index (χ1n) is 7.36. The zero-order chi connectivity index (χ0) is 17.3. The molecule has 0 aromatic carbocycles. The van der Waals surface area contributed by atoms with E-state index in [0.29, 0.717) is 26.1 Å². The molecule has 0 radical (unpaired) electrons. The maximum atomic E-state index is 12.5. The molecule has 0 aromatic heterocycles. The van der Waals surface area contributed by atoms with Crippen molar-refractivity contribution in [2.24, 2.45) is 5.11 Å². The molecule has 1 fully saturated rings. The fraction of sp³-hybridized carbons (Fsp3) is 0.917. The van der Waals surface area contributed by atoms with Gasteiger partial charge in [-0.15, -0.1) is 0 Å². The number of carbonyl (C=O) groups is 1. The van der Waals surface area contributed by atoms with Crippen molar-refractivity contribution in [3.63, 3.8) is 0 Å². The number of hydrogen-bond acceptors (Lipinski definition) is 6. The van der Waals surface area contributed by atoms with Gasteiger partial charge in [0.1, 0.15) is 11.9 Å². The van der Waals surface area contributed by atoms with Gasteiger partial charge in [-0.05, 0) is 12.0 Å². The standard InChI is InChI=1S/C12H21ClN4O5S/c1-2-3-4-10(15-16-14)11(22-12(13)18)9-23(19,20)17-5-7-21-8-6-17/h10-11H,2-9H2,1H3. The Labute approximate surface area is 140 Å². The lowest BCUT2D eigenvalue weighted by Gasteiger charge is -2.29. The predicted octanol–water partition coefficient (Wildman–Crippen LogP) is 2.26. The summed E-state index contributed by atoms with van der Waals surface area (Å²) in [6, 6.07) is -0.779. The van der Waals surface area contributed by atoms with Crippen LogP contribution in [-0.2, 0) is 19.5 Å². The van der Waals surface area contributed by atoms with Crippen molar-refractivity contribution in [1.29, 1.82) is 0 Å². The molecule has 9 nitrogen and oxygen atoms in total. The van der Waals surface area contributed by atoms with Crippen LogP contribution in [0.2, 0.25) is 0 Å². The minimum absolute atomic E-state index is 0.241. The third kappa shape index (κ3) is 6.92. The Morgan fingerprint density at radius 2 is 2.13 bits per heavy atom. The van der Waals surface area contributed by atoms with Gasteiger partial charge < -0.3 is 9.47 Å². The van der Waals surface area contributed by atoms with Crippen LogP contribution in [0.5, 0.6) is 0 Å². The Hall–Kier alpha value is -1.06. The molecule has 132 valence electrons. The van der Waals surface area contributed by atoms with Gasteiger partial charge in [0, 0.05) is 29.6 Å². The summed E-state index contributed by atoms with van der Waals surface area (Å²) in [6.45, 7) is 3.06. The molecule has 2 atom stereocenters. The third-order valence-electron chi connectivity index (χ3n) is 3.46. The summed E-state index contributed by atoms with van der Waals surface area (Å²) >= 11 is 5.24. The fourth-order valence-electron chi connectivity index (χ4n) is 2.28. The van der Waals surface area contributed by atoms with E-state index in [1.807, 2.05) is 6.92 Å². The number of hydrogen-bond donors (Lipinski definition) is 0. The first-order chi connectivity index (χ1) is 10.9. The van der Waals surface area contributed by atoms with Crippen molar-refractivity contribution >= 4 is 27.1 Å². The van der Waals surface area contributed by atoms with Crippen molar-refractivity contribution < 1.29 is 22.7 Å². The number of ether oxygens (including phenoxy) is 2. The number of carbonyl (C=O) groups excluding carboxylic acids is 1. The molecule has 0 aliphatic carbocycles. The van der Waals surface area contributed by atoms with E-state index < -0.39 is 33.4 Å². The lowest BCUT2D eigenvalue weighted by molar-refractivity contribution is 0.0714. The molecule has 1 rings (SSSR count). The summed E-state index contributed by atoms with van der Waals surface area (Å²) in [5, 5.41) is 3.58. The molecular formula is C12H21ClN4O5S. The fourth-order valence-corrected chi connectivity index (χ4v) is 4.01. The Morgan fingerprint density at radius 3 is 2.65 bits per heavy atom. The molecule has 23 heavy (non-hydrogen) atoms. The smallest absolute Gasteiger partial charge is 0.404 e. The van der Waals surface area contributed by atoms with Crippen LogP contribution in [0.3, 0.4) is 0 Å². The number of morpholine rings is 1. The largest absolute Gasteiger partial charge is 0.449 e. The van der Waals surface area contributed by atoms with Crippen LogP contribution in [0.4, 0.5) is 4.79 Å². The minimum atomic E-state index is -3.68. The average Bonchev–Trinajstić information content (AvgIpc) is 2.51. The average molecular weight is 369 g/mol. The minimum Gasteiger partial charge on any atom is -0.449 e. The first-order valence-corrected chi connectivity index (χ1v) is 9.35. The summed E-state index contributed by atoms with van der Waals surface area (Å²) < 4.78 is 36.2. The van der Waals surface area contributed by atoms with Gasteiger partial charge in [0.2, 0.25) is 10.0 Å². The molecule has 1 aliphatic rings. The zero-order valence-corrected chi connectivity index (χ0v) is 14.5. The molecular weight excluding hydrogens is 348 g/mol. The number of azide groups is 1. The van der Waals surface area contributed by atoms with Crippen molar-refractivity contribution in [2.75, 3.05) is 32.1 Å². The van der Waals surface area contributed by atoms with E-state index in [2.05, 4.69) is 10.0 Å². The normalized spacial score (nSPS) is 18.7. The highest BCUT2D eigenvalue weighted by molar-refractivity contribution is 7.89. The van der Waals surface area contributed by atoms with E-state index in [1.165, 1.54) is 4.31 Å². The number of sulfonamides is 1. The Morgan fingerprint density at radius 1 is 1.48 bits per heavy atom. The van der Waals surface area contributed by atoms with Crippen LogP contribution in [0.25, 0.3) is 10.4 Å². The lowest BCUT2D eigenvalue weighted by atomic mass is 10.1. The maximum absolute atomic E-state index is 12.5. The number of unbranched alkanes of at least 4 members (excludes halogenated alkanes) is 1. The molecule has 0 aromatic rings. The van der Waals surface area contributed by atoms with E-state index >= 15 is 0 Å². The van der Waals surface area contributed by atoms with Gasteiger partial charge in [0.05, 0.1) is 19.3 Å². The van der Waals surface area contributed by atoms with Crippen LogP contribution in [0.15, 0.2) is 5.11 Å². The van der Waals surface area contributed by atoms with Gasteiger partial charge in [0.25, 0.3) is 0 Å². The highest BCUT2D eigenvalue weighted by Crippen LogP contribution is 2.18. The number of halogens is 1. The second-order valence-corrected chi connectivity index (χ2v) is 7.42. The summed E-state index contributed by atoms with van der Waals surface area (Å²) in [5.74, 6) is -0.473. The van der Waals surface area contributed by atoms with Crippen molar-refractivity contribution in [2.45, 2.75) is 38.3 Å². The number of nitrogens with zero attached hydrogens (tertiary/aromatic N) is 4. The summed E-state index contributed by atoms with van der Waals surface area (Å²) in [5.41, 5.74) is 7.55. The molecule has 0 spiro atoms. The van der Waals surface area contributed by atoms with E-state index in [9.17, 15) is 13.2 Å². The first kappa shape index (κ1) is 20.0. The van der Waals surface area contributed by atoms with E-state index in [4.69, 9.17) is 26.6 Å². The maximum Gasteiger partial charge on any atom is 0.404 e. The van der Waals surface area contributed by atoms with E-state index in [-0.39, 0.29) is 13.1 Å². The van der Waals surface area contributed by atoms with Gasteiger partial charge in [-0.2, -0.15) is 4.31 Å². The highest BCUT2D eigenvalue weighted by Gasteiger charge is 2.33. The lowest BCUT2D eigenvalue weighted by Crippen LogP contribution is -2.46. The molecule has 1 heterocycles. The summed E-state index contributed by atoms with van der Waals surface area (Å²) in [7, 11) is -3.68. The zero-order valence-electron chi connectivity index (χ0n) is 12.9. The molecule has 0 amide bonds. The van der Waals surface area contributed by atoms with Gasteiger partial charge in [0.15, 0.2) is 0 Å². The van der Waals surface area contributed by atoms with Gasteiger partial charge in [-0.25, -0.2) is 13.2 Å². The van der Waals surface area contributed by atoms with Crippen LogP contribution < -0.4 is 0 Å². The van der Waals surface area contributed by atoms with Crippen molar-refractivity contribution in [3.05, 3.63) is 10.4 Å². The summed E-state index contributed by atoms with van der Waals surface area (Å²) in [6.07, 6.45) is 0.830. The summed E-state index contributed by atoms with van der Waals surface area (Å²) in [4.78, 5) is 13.8. The quantitative estimate of drug-likeness (QED) is 0.267. The second kappa shape index (κ2) is 9.94. The van der Waals surface area contributed by atoms with Crippen LogP contribution >= 0.6 is 11.6 Å². The van der Waals surface area contributed by atoms with Gasteiger partial charge in [-0.3, -0.25) is 0 Å². The van der Waals surface area contributed by atoms with Crippen molar-refractivity contribution in [3.8, 4) is 0 Å². The van der Waals surface area contributed by atoms with Gasteiger partial charge in [-0.1, -0.05) is 24.9 Å². The monoisotopic (exact) mass is 368 g/mol. The highest BCUT2D eigenvalue weighted by atomic mass is 35.5. The molecule has 1 aliphatic heterocycles. The Bertz CT molecular complexity index is 532. The molecule has 0 saturated carbocycles. The van der Waals surface area contributed by atoms with Crippen LogP contribution in [0.1, 0.15) is 26.2 Å². The molecule has 11 heteroatoms. The SMILES string of the molecule is CCCCC(N=[N+]=[N-])C(CS(=O)(=O)N1CCOCC1)OC(=O)Cl. The van der Waals surface area contributed by atoms with Crippen LogP contribution in [0, 0.1) is 0 Å². The third-order valence-corrected chi connectivity index (χ3v) is 5.46.